The van der Waals surface area contributed by atoms with Crippen LogP contribution < -0.4 is 10.0 Å². The molecular weight excluding hydrogens is 377 g/mol. The van der Waals surface area contributed by atoms with E-state index >= 15 is 0 Å². The largest absolute Gasteiger partial charge is 0.367 e. The van der Waals surface area contributed by atoms with E-state index in [0.29, 0.717) is 13.1 Å². The van der Waals surface area contributed by atoms with E-state index in [4.69, 9.17) is 9.88 Å². The third-order valence-corrected chi connectivity index (χ3v) is 5.23. The average molecular weight is 395 g/mol. The smallest absolute Gasteiger partial charge is 0.293 e. The van der Waals surface area contributed by atoms with E-state index in [9.17, 15) is 22.9 Å². The summed E-state index contributed by atoms with van der Waals surface area (Å²) in [6.45, 7) is 2.51. The van der Waals surface area contributed by atoms with Gasteiger partial charge in [0.15, 0.2) is 0 Å². The summed E-state index contributed by atoms with van der Waals surface area (Å²) in [7, 11) is -4.06. The van der Waals surface area contributed by atoms with Crippen molar-refractivity contribution in [2.24, 2.45) is 5.14 Å². The first-order valence-corrected chi connectivity index (χ1v) is 9.67. The monoisotopic (exact) mass is 395 g/mol. The van der Waals surface area contributed by atoms with E-state index in [1.807, 2.05) is 6.92 Å². The Labute approximate surface area is 155 Å². The highest BCUT2D eigenvalue weighted by molar-refractivity contribution is 7.89. The summed E-state index contributed by atoms with van der Waals surface area (Å²) in [5.41, 5.74) is 0.667. The Morgan fingerprint density at radius 1 is 1.22 bits per heavy atom. The minimum absolute atomic E-state index is 0.244. The number of rotatable bonds is 4. The van der Waals surface area contributed by atoms with Crippen molar-refractivity contribution in [3.8, 4) is 0 Å². The zero-order valence-corrected chi connectivity index (χ0v) is 15.2. The van der Waals surface area contributed by atoms with Gasteiger partial charge in [0.25, 0.3) is 5.69 Å². The van der Waals surface area contributed by atoms with E-state index in [1.54, 1.807) is 17.0 Å². The van der Waals surface area contributed by atoms with Gasteiger partial charge in [-0.1, -0.05) is 12.1 Å². The average Bonchev–Trinajstić information content (AvgIpc) is 2.60. The lowest BCUT2D eigenvalue weighted by Crippen LogP contribution is -2.43. The van der Waals surface area contributed by atoms with Crippen LogP contribution in [0.3, 0.4) is 0 Å². The fourth-order valence-electron chi connectivity index (χ4n) is 3.10. The number of primary sulfonamides is 1. The summed E-state index contributed by atoms with van der Waals surface area (Å²) < 4.78 is 42.1. The maximum absolute atomic E-state index is 13.2. The Hall–Kier alpha value is -2.56. The molecule has 1 saturated heterocycles. The van der Waals surface area contributed by atoms with Crippen LogP contribution in [0.4, 0.5) is 15.8 Å². The molecule has 0 saturated carbocycles. The third-order valence-electron chi connectivity index (χ3n) is 4.31. The van der Waals surface area contributed by atoms with Crippen molar-refractivity contribution in [3.63, 3.8) is 0 Å². The number of halogens is 1. The number of nitro benzene ring substituents is 1. The topological polar surface area (TPSA) is 116 Å². The van der Waals surface area contributed by atoms with Crippen molar-refractivity contribution in [3.05, 3.63) is 64.0 Å². The third kappa shape index (κ3) is 4.24. The molecule has 2 aromatic carbocycles. The van der Waals surface area contributed by atoms with Crippen LogP contribution in [0, 0.1) is 15.9 Å². The van der Waals surface area contributed by atoms with Crippen LogP contribution in [0.2, 0.25) is 0 Å². The second-order valence-electron chi connectivity index (χ2n) is 6.34. The summed E-state index contributed by atoms with van der Waals surface area (Å²) in [6.07, 6.45) is -0.654. The normalized spacial score (nSPS) is 20.5. The molecular formula is C17H18FN3O5S. The van der Waals surface area contributed by atoms with Gasteiger partial charge in [0.1, 0.15) is 17.6 Å². The molecule has 1 heterocycles. The predicted octanol–water partition coefficient (Wildman–Crippen LogP) is 2.35. The van der Waals surface area contributed by atoms with Gasteiger partial charge in [-0.15, -0.1) is 0 Å². The highest BCUT2D eigenvalue weighted by atomic mass is 32.2. The quantitative estimate of drug-likeness (QED) is 0.627. The minimum atomic E-state index is -4.06. The van der Waals surface area contributed by atoms with Gasteiger partial charge in [-0.05, 0) is 36.8 Å². The summed E-state index contributed by atoms with van der Waals surface area (Å²) in [5, 5.41) is 16.6. The van der Waals surface area contributed by atoms with Crippen LogP contribution in [-0.2, 0) is 14.8 Å². The van der Waals surface area contributed by atoms with E-state index in [1.165, 1.54) is 24.3 Å². The molecule has 0 bridgehead atoms. The maximum atomic E-state index is 13.2. The zero-order chi connectivity index (χ0) is 19.8. The number of anilines is 1. The van der Waals surface area contributed by atoms with Crippen LogP contribution in [-0.4, -0.2) is 32.5 Å². The lowest BCUT2D eigenvalue weighted by atomic mass is 10.1. The number of nitrogens with zero attached hydrogens (tertiary/aromatic N) is 2. The molecule has 0 aromatic heterocycles. The highest BCUT2D eigenvalue weighted by Crippen LogP contribution is 2.35. The standard InChI is InChI=1S/C17H18FN3O5S/c1-11-9-20(10-17(26-11)12-2-4-13(18)5-3-12)15-7-6-14(27(19,24)25)8-16(15)21(22)23/h2-8,11,17H,9-10H2,1H3,(H2,19,24,25). The van der Waals surface area contributed by atoms with Crippen LogP contribution in [0.25, 0.3) is 0 Å². The SMILES string of the molecule is CC1CN(c2ccc(S(N)(=O)=O)cc2[N+](=O)[O-])CC(c2ccc(F)cc2)O1. The lowest BCUT2D eigenvalue weighted by Gasteiger charge is -2.38. The number of hydrogen-bond donors (Lipinski definition) is 1. The molecule has 8 nitrogen and oxygen atoms in total. The molecule has 2 aromatic rings. The molecule has 2 N–H and O–H groups in total. The number of morpholine rings is 1. The first-order valence-electron chi connectivity index (χ1n) is 8.12. The van der Waals surface area contributed by atoms with Crippen molar-refractivity contribution in [1.29, 1.82) is 0 Å². The van der Waals surface area contributed by atoms with Crippen molar-refractivity contribution in [2.75, 3.05) is 18.0 Å². The molecule has 0 radical (unpaired) electrons. The maximum Gasteiger partial charge on any atom is 0.293 e. The second kappa shape index (κ2) is 7.22. The molecule has 27 heavy (non-hydrogen) atoms. The van der Waals surface area contributed by atoms with E-state index in [-0.39, 0.29) is 28.2 Å². The Balaban J connectivity index is 1.97. The molecule has 0 spiro atoms. The zero-order valence-electron chi connectivity index (χ0n) is 14.4. The first-order chi connectivity index (χ1) is 12.6. The first kappa shape index (κ1) is 19.2. The highest BCUT2D eigenvalue weighted by Gasteiger charge is 2.31. The lowest BCUT2D eigenvalue weighted by molar-refractivity contribution is -0.384. The minimum Gasteiger partial charge on any atom is -0.367 e. The second-order valence-corrected chi connectivity index (χ2v) is 7.91. The molecule has 1 aliphatic rings. The molecule has 2 atom stereocenters. The molecule has 0 amide bonds. The number of benzene rings is 2. The Kier molecular flexibility index (Phi) is 5.13. The van der Waals surface area contributed by atoms with Gasteiger partial charge in [-0.3, -0.25) is 10.1 Å². The number of ether oxygens (including phenoxy) is 1. The van der Waals surface area contributed by atoms with Crippen LogP contribution in [0.5, 0.6) is 0 Å². The van der Waals surface area contributed by atoms with E-state index < -0.39 is 21.1 Å². The molecule has 1 aliphatic heterocycles. The summed E-state index contributed by atoms with van der Waals surface area (Å²) in [6, 6.07) is 9.43. The van der Waals surface area contributed by atoms with Crippen LogP contribution >= 0.6 is 0 Å². The van der Waals surface area contributed by atoms with E-state index in [2.05, 4.69) is 0 Å². The van der Waals surface area contributed by atoms with Gasteiger partial charge in [0.05, 0.1) is 15.9 Å². The van der Waals surface area contributed by atoms with Gasteiger partial charge >= 0.3 is 0 Å². The fraction of sp³-hybridized carbons (Fsp3) is 0.294. The van der Waals surface area contributed by atoms with Crippen molar-refractivity contribution in [2.45, 2.75) is 24.0 Å². The summed E-state index contributed by atoms with van der Waals surface area (Å²) in [5.74, 6) is -0.367. The number of nitro groups is 1. The van der Waals surface area contributed by atoms with Gasteiger partial charge in [-0.2, -0.15) is 0 Å². The van der Waals surface area contributed by atoms with Crippen molar-refractivity contribution in [1.82, 2.24) is 0 Å². The van der Waals surface area contributed by atoms with Crippen molar-refractivity contribution < 1.29 is 22.5 Å². The van der Waals surface area contributed by atoms with E-state index in [0.717, 1.165) is 11.6 Å². The molecule has 0 aliphatic carbocycles. The summed E-state index contributed by atoms with van der Waals surface area (Å²) >= 11 is 0. The van der Waals surface area contributed by atoms with Gasteiger partial charge in [0.2, 0.25) is 10.0 Å². The molecule has 3 rings (SSSR count). The van der Waals surface area contributed by atoms with Gasteiger partial charge < -0.3 is 9.64 Å². The molecule has 10 heteroatoms. The Morgan fingerprint density at radius 3 is 2.48 bits per heavy atom. The number of sulfonamides is 1. The van der Waals surface area contributed by atoms with Crippen molar-refractivity contribution >= 4 is 21.4 Å². The molecule has 144 valence electrons. The fourth-order valence-corrected chi connectivity index (χ4v) is 3.64. The van der Waals surface area contributed by atoms with Gasteiger partial charge in [0, 0.05) is 19.2 Å². The molecule has 2 unspecified atom stereocenters. The number of nitrogens with two attached hydrogens (primary N) is 1. The van der Waals surface area contributed by atoms with Gasteiger partial charge in [-0.25, -0.2) is 17.9 Å². The summed E-state index contributed by atoms with van der Waals surface area (Å²) in [4.78, 5) is 12.3. The Bertz CT molecular complexity index is 965. The number of hydrogen-bond acceptors (Lipinski definition) is 6. The van der Waals surface area contributed by atoms with Crippen LogP contribution in [0.1, 0.15) is 18.6 Å². The predicted molar refractivity (Wildman–Crippen MR) is 96.4 cm³/mol. The molecule has 1 fully saturated rings. The Morgan fingerprint density at radius 2 is 1.89 bits per heavy atom. The van der Waals surface area contributed by atoms with Crippen LogP contribution in [0.15, 0.2) is 47.4 Å².